The fourth-order valence-corrected chi connectivity index (χ4v) is 3.42. The van der Waals surface area contributed by atoms with E-state index in [1.54, 1.807) is 11.8 Å². The van der Waals surface area contributed by atoms with E-state index >= 15 is 0 Å². The summed E-state index contributed by atoms with van der Waals surface area (Å²) >= 11 is 6.22. The third kappa shape index (κ3) is 3.42. The van der Waals surface area contributed by atoms with E-state index in [4.69, 9.17) is 11.6 Å². The van der Waals surface area contributed by atoms with Crippen molar-refractivity contribution in [2.45, 2.75) is 19.9 Å². The van der Waals surface area contributed by atoms with Crippen molar-refractivity contribution in [2.24, 2.45) is 4.99 Å². The summed E-state index contributed by atoms with van der Waals surface area (Å²) < 4.78 is 27.9. The minimum absolute atomic E-state index is 0.00590. The van der Waals surface area contributed by atoms with Gasteiger partial charge in [-0.15, -0.1) is 0 Å². The average molecular weight is 392 g/mol. The molecular formula is C19H16ClF2N3O2. The second-order valence-electron chi connectivity index (χ2n) is 5.93. The average Bonchev–Trinajstić information content (AvgIpc) is 2.61. The first kappa shape index (κ1) is 19.0. The smallest absolute Gasteiger partial charge is 0.335 e. The number of halogens is 3. The molecule has 0 radical (unpaired) electrons. The third-order valence-electron chi connectivity index (χ3n) is 4.32. The van der Waals surface area contributed by atoms with Crippen molar-refractivity contribution in [3.8, 4) is 0 Å². The van der Waals surface area contributed by atoms with Gasteiger partial charge in [-0.05, 0) is 43.7 Å². The number of allylic oxidation sites excluding steroid dienone is 1. The second kappa shape index (κ2) is 7.44. The summed E-state index contributed by atoms with van der Waals surface area (Å²) in [5, 5.41) is 9.83. The Hall–Kier alpha value is -2.80. The summed E-state index contributed by atoms with van der Waals surface area (Å²) in [4.78, 5) is 21.9. The molecule has 8 heteroatoms. The summed E-state index contributed by atoms with van der Waals surface area (Å²) in [7, 11) is 0. The first-order valence-corrected chi connectivity index (χ1v) is 8.58. The molecule has 0 saturated carbocycles. The highest BCUT2D eigenvalue weighted by molar-refractivity contribution is 6.31. The van der Waals surface area contributed by atoms with Gasteiger partial charge in [0.1, 0.15) is 11.5 Å². The van der Waals surface area contributed by atoms with Crippen LogP contribution >= 0.6 is 11.6 Å². The Kier molecular flexibility index (Phi) is 5.23. The molecule has 2 aromatic rings. The van der Waals surface area contributed by atoms with Gasteiger partial charge in [0.2, 0.25) is 0 Å². The van der Waals surface area contributed by atoms with Gasteiger partial charge in [0.25, 0.3) is 0 Å². The van der Waals surface area contributed by atoms with Crippen LogP contribution in [0.2, 0.25) is 5.02 Å². The Bertz CT molecular complexity index is 975. The maximum absolute atomic E-state index is 14.4. The lowest BCUT2D eigenvalue weighted by atomic mass is 9.93. The number of rotatable bonds is 4. The van der Waals surface area contributed by atoms with E-state index in [0.717, 1.165) is 6.07 Å². The molecule has 1 aromatic heterocycles. The Morgan fingerprint density at radius 2 is 2.07 bits per heavy atom. The highest BCUT2D eigenvalue weighted by Gasteiger charge is 2.37. The molecule has 5 nitrogen and oxygen atoms in total. The molecule has 0 bridgehead atoms. The number of benzene rings is 1. The number of carboxylic acid groups (broad SMARTS) is 1. The normalized spacial score (nSPS) is 17.1. The van der Waals surface area contributed by atoms with Crippen LogP contribution < -0.4 is 0 Å². The van der Waals surface area contributed by atoms with Crippen molar-refractivity contribution >= 4 is 23.4 Å². The molecule has 0 spiro atoms. The highest BCUT2D eigenvalue weighted by Crippen LogP contribution is 2.39. The Labute approximate surface area is 159 Å². The van der Waals surface area contributed by atoms with Crippen molar-refractivity contribution in [1.29, 1.82) is 0 Å². The van der Waals surface area contributed by atoms with Gasteiger partial charge >= 0.3 is 5.97 Å². The maximum atomic E-state index is 14.4. The summed E-state index contributed by atoms with van der Waals surface area (Å²) in [6.07, 6.45) is 1.43. The number of aliphatic imine (C=N–C) groups is 1. The van der Waals surface area contributed by atoms with Crippen LogP contribution in [0.15, 0.2) is 52.8 Å². The van der Waals surface area contributed by atoms with Crippen LogP contribution in [0.4, 0.5) is 8.78 Å². The molecule has 0 saturated heterocycles. The minimum atomic E-state index is -1.18. The lowest BCUT2D eigenvalue weighted by Crippen LogP contribution is -2.41. The minimum Gasteiger partial charge on any atom is -0.478 e. The number of hydrogen-bond acceptors (Lipinski definition) is 4. The van der Waals surface area contributed by atoms with Gasteiger partial charge in [-0.3, -0.25) is 0 Å². The Morgan fingerprint density at radius 3 is 2.67 bits per heavy atom. The SMILES string of the molecule is CCN1C(c2ncccc2F)=NC(C)=C(C(=O)O)C1c1ccc(F)cc1Cl. The van der Waals surface area contributed by atoms with Gasteiger partial charge in [0, 0.05) is 17.8 Å². The predicted octanol–water partition coefficient (Wildman–Crippen LogP) is 4.20. The molecule has 0 aliphatic carbocycles. The quantitative estimate of drug-likeness (QED) is 0.848. The molecule has 1 aromatic carbocycles. The molecule has 1 unspecified atom stereocenters. The van der Waals surface area contributed by atoms with E-state index in [1.807, 2.05) is 0 Å². The summed E-state index contributed by atoms with van der Waals surface area (Å²) in [5.41, 5.74) is 0.592. The molecule has 0 amide bonds. The van der Waals surface area contributed by atoms with Crippen LogP contribution in [0.25, 0.3) is 0 Å². The largest absolute Gasteiger partial charge is 0.478 e. The number of nitrogens with zero attached hydrogens (tertiary/aromatic N) is 3. The van der Waals surface area contributed by atoms with Gasteiger partial charge < -0.3 is 10.0 Å². The zero-order valence-corrected chi connectivity index (χ0v) is 15.3. The van der Waals surface area contributed by atoms with Crippen molar-refractivity contribution in [3.63, 3.8) is 0 Å². The molecule has 0 fully saturated rings. The number of aromatic nitrogens is 1. The molecule has 3 rings (SSSR count). The summed E-state index contributed by atoms with van der Waals surface area (Å²) in [5.74, 6) is -2.10. The molecule has 140 valence electrons. The molecule has 1 aliphatic rings. The van der Waals surface area contributed by atoms with E-state index in [-0.39, 0.29) is 27.8 Å². The predicted molar refractivity (Wildman–Crippen MR) is 97.6 cm³/mol. The molecule has 1 aliphatic heterocycles. The van der Waals surface area contributed by atoms with Crippen LogP contribution in [-0.4, -0.2) is 33.3 Å². The van der Waals surface area contributed by atoms with Crippen LogP contribution in [0.5, 0.6) is 0 Å². The third-order valence-corrected chi connectivity index (χ3v) is 4.65. The maximum Gasteiger partial charge on any atom is 0.335 e. The fourth-order valence-electron chi connectivity index (χ4n) is 3.15. The van der Waals surface area contributed by atoms with Gasteiger partial charge in [0.05, 0.1) is 17.3 Å². The highest BCUT2D eigenvalue weighted by atomic mass is 35.5. The van der Waals surface area contributed by atoms with E-state index in [1.165, 1.54) is 37.4 Å². The zero-order chi connectivity index (χ0) is 19.7. The lowest BCUT2D eigenvalue weighted by Gasteiger charge is -2.37. The summed E-state index contributed by atoms with van der Waals surface area (Å²) in [6.45, 7) is 3.61. The number of hydrogen-bond donors (Lipinski definition) is 1. The van der Waals surface area contributed by atoms with Crippen molar-refractivity contribution in [3.05, 3.63) is 75.7 Å². The van der Waals surface area contributed by atoms with E-state index in [2.05, 4.69) is 9.98 Å². The molecule has 1 atom stereocenters. The van der Waals surface area contributed by atoms with Crippen LogP contribution in [0.3, 0.4) is 0 Å². The van der Waals surface area contributed by atoms with Gasteiger partial charge in [-0.1, -0.05) is 17.7 Å². The molecule has 27 heavy (non-hydrogen) atoms. The number of carbonyl (C=O) groups is 1. The van der Waals surface area contributed by atoms with Crippen molar-refractivity contribution < 1.29 is 18.7 Å². The van der Waals surface area contributed by atoms with E-state index in [9.17, 15) is 18.7 Å². The van der Waals surface area contributed by atoms with Crippen LogP contribution in [0, 0.1) is 11.6 Å². The molecule has 2 heterocycles. The van der Waals surface area contributed by atoms with Gasteiger partial charge in [-0.2, -0.15) is 0 Å². The topological polar surface area (TPSA) is 65.8 Å². The fraction of sp³-hybridized carbons (Fsp3) is 0.211. The number of pyridine rings is 1. The number of amidine groups is 1. The zero-order valence-electron chi connectivity index (χ0n) is 14.6. The number of carboxylic acids is 1. The Balaban J connectivity index is 2.26. The summed E-state index contributed by atoms with van der Waals surface area (Å²) in [6, 6.07) is 5.60. The van der Waals surface area contributed by atoms with Crippen LogP contribution in [0.1, 0.15) is 31.1 Å². The molecular weight excluding hydrogens is 376 g/mol. The van der Waals surface area contributed by atoms with E-state index < -0.39 is 23.6 Å². The number of aliphatic carboxylic acids is 1. The van der Waals surface area contributed by atoms with Crippen LogP contribution in [-0.2, 0) is 4.79 Å². The first-order valence-electron chi connectivity index (χ1n) is 8.20. The second-order valence-corrected chi connectivity index (χ2v) is 6.34. The van der Waals surface area contributed by atoms with Crippen molar-refractivity contribution in [2.75, 3.05) is 6.54 Å². The molecule has 1 N–H and O–H groups in total. The van der Waals surface area contributed by atoms with Crippen molar-refractivity contribution in [1.82, 2.24) is 9.88 Å². The van der Waals surface area contributed by atoms with E-state index in [0.29, 0.717) is 12.1 Å². The first-order chi connectivity index (χ1) is 12.8. The standard InChI is InChI=1S/C19H16ClF2N3O2/c1-3-25-17(12-7-6-11(21)9-13(12)20)15(19(26)27)10(2)24-18(25)16-14(22)5-4-8-23-16/h4-9,17H,3H2,1-2H3,(H,26,27). The number of likely N-dealkylation sites (N-methyl/N-ethyl adjacent to an activating group) is 1. The lowest BCUT2D eigenvalue weighted by molar-refractivity contribution is -0.133. The van der Waals surface area contributed by atoms with Gasteiger partial charge in [-0.25, -0.2) is 23.6 Å². The van der Waals surface area contributed by atoms with Gasteiger partial charge in [0.15, 0.2) is 11.7 Å². The Morgan fingerprint density at radius 1 is 1.33 bits per heavy atom. The monoisotopic (exact) mass is 391 g/mol.